The van der Waals surface area contributed by atoms with Crippen LogP contribution in [0.5, 0.6) is 11.6 Å². The minimum absolute atomic E-state index is 0.0883. The van der Waals surface area contributed by atoms with Gasteiger partial charge in [-0.2, -0.15) is 5.26 Å². The number of hydrogen-bond acceptors (Lipinski definition) is 7. The van der Waals surface area contributed by atoms with Crippen LogP contribution in [-0.4, -0.2) is 21.7 Å². The summed E-state index contributed by atoms with van der Waals surface area (Å²) in [5.74, 6) is -0.0416. The van der Waals surface area contributed by atoms with Gasteiger partial charge in [-0.3, -0.25) is 15.2 Å². The molecule has 1 atom stereocenters. The SMILES string of the molecule is CCOc1ccc(-c2[nH]nc3c2[C@@H](c2ccccc2[N+](=O)[O-])C(C#N)=C(N)O3)cc1. The molecule has 0 unspecified atom stereocenters. The molecule has 1 aromatic heterocycles. The Labute approximate surface area is 171 Å². The van der Waals surface area contributed by atoms with Crippen LogP contribution in [0.4, 0.5) is 5.69 Å². The number of aromatic amines is 1. The van der Waals surface area contributed by atoms with Crippen molar-refractivity contribution >= 4 is 5.69 Å². The summed E-state index contributed by atoms with van der Waals surface area (Å²) in [7, 11) is 0. The number of para-hydroxylation sites is 1. The number of allylic oxidation sites excluding steroid dienone is 1. The summed E-state index contributed by atoms with van der Waals surface area (Å²) in [6, 6.07) is 15.6. The summed E-state index contributed by atoms with van der Waals surface area (Å²) in [5, 5.41) is 28.5. The van der Waals surface area contributed by atoms with E-state index < -0.39 is 10.8 Å². The van der Waals surface area contributed by atoms with Gasteiger partial charge in [0, 0.05) is 17.2 Å². The molecule has 0 bridgehead atoms. The van der Waals surface area contributed by atoms with Crippen LogP contribution in [0.25, 0.3) is 11.3 Å². The predicted molar refractivity (Wildman–Crippen MR) is 108 cm³/mol. The molecular formula is C21H17N5O4. The lowest BCUT2D eigenvalue weighted by molar-refractivity contribution is -0.385. The van der Waals surface area contributed by atoms with Gasteiger partial charge in [-0.15, -0.1) is 5.10 Å². The quantitative estimate of drug-likeness (QED) is 0.490. The number of nitrogens with two attached hydrogens (primary N) is 1. The number of nitrogens with one attached hydrogen (secondary N) is 1. The lowest BCUT2D eigenvalue weighted by Crippen LogP contribution is -2.21. The highest BCUT2D eigenvalue weighted by Gasteiger charge is 2.38. The Hall–Kier alpha value is -4.32. The minimum atomic E-state index is -0.805. The molecule has 1 aliphatic rings. The molecule has 4 rings (SSSR count). The maximum Gasteiger partial charge on any atom is 0.273 e. The zero-order valence-electron chi connectivity index (χ0n) is 16.0. The predicted octanol–water partition coefficient (Wildman–Crippen LogP) is 3.60. The molecule has 9 nitrogen and oxygen atoms in total. The number of benzene rings is 2. The zero-order chi connectivity index (χ0) is 21.3. The minimum Gasteiger partial charge on any atom is -0.494 e. The van der Waals surface area contributed by atoms with E-state index in [0.717, 1.165) is 5.56 Å². The summed E-state index contributed by atoms with van der Waals surface area (Å²) >= 11 is 0. The van der Waals surface area contributed by atoms with E-state index in [1.54, 1.807) is 18.2 Å². The summed E-state index contributed by atoms with van der Waals surface area (Å²) in [6.07, 6.45) is 0. The van der Waals surface area contributed by atoms with Crippen LogP contribution in [0, 0.1) is 21.4 Å². The lowest BCUT2D eigenvalue weighted by atomic mass is 9.82. The number of fused-ring (bicyclic) bond motifs is 1. The monoisotopic (exact) mass is 403 g/mol. The van der Waals surface area contributed by atoms with E-state index in [4.69, 9.17) is 15.2 Å². The molecule has 3 N–H and O–H groups in total. The molecule has 0 radical (unpaired) electrons. The number of H-pyrrole nitrogens is 1. The first-order valence-corrected chi connectivity index (χ1v) is 9.17. The first kappa shape index (κ1) is 19.0. The Balaban J connectivity index is 1.92. The number of hydrogen-bond donors (Lipinski definition) is 2. The number of rotatable bonds is 5. The third-order valence-electron chi connectivity index (χ3n) is 4.84. The maximum absolute atomic E-state index is 11.7. The van der Waals surface area contributed by atoms with Gasteiger partial charge in [-0.25, -0.2) is 0 Å². The number of nitro groups is 1. The molecule has 3 aromatic rings. The van der Waals surface area contributed by atoms with Crippen LogP contribution in [0.3, 0.4) is 0 Å². The van der Waals surface area contributed by atoms with Crippen molar-refractivity contribution in [2.24, 2.45) is 5.73 Å². The second kappa shape index (κ2) is 7.60. The van der Waals surface area contributed by atoms with Crippen molar-refractivity contribution in [1.82, 2.24) is 10.2 Å². The van der Waals surface area contributed by atoms with Gasteiger partial charge in [0.1, 0.15) is 17.4 Å². The van der Waals surface area contributed by atoms with E-state index in [0.29, 0.717) is 29.2 Å². The lowest BCUT2D eigenvalue weighted by Gasteiger charge is -2.23. The van der Waals surface area contributed by atoms with Crippen molar-refractivity contribution in [3.63, 3.8) is 0 Å². The molecule has 0 amide bonds. The van der Waals surface area contributed by atoms with Crippen molar-refractivity contribution < 1.29 is 14.4 Å². The molecule has 0 saturated heterocycles. The van der Waals surface area contributed by atoms with Gasteiger partial charge in [-0.1, -0.05) is 18.2 Å². The Morgan fingerprint density at radius 2 is 2.03 bits per heavy atom. The topological polar surface area (TPSA) is 140 Å². The van der Waals surface area contributed by atoms with E-state index in [-0.39, 0.29) is 23.0 Å². The number of nitro benzene ring substituents is 1. The molecule has 0 saturated carbocycles. The molecule has 30 heavy (non-hydrogen) atoms. The highest BCUT2D eigenvalue weighted by atomic mass is 16.6. The number of nitriles is 1. The van der Waals surface area contributed by atoms with Gasteiger partial charge in [0.15, 0.2) is 0 Å². The third-order valence-corrected chi connectivity index (χ3v) is 4.84. The zero-order valence-corrected chi connectivity index (χ0v) is 16.0. The normalized spacial score (nSPS) is 15.1. The van der Waals surface area contributed by atoms with E-state index in [9.17, 15) is 15.4 Å². The first-order chi connectivity index (χ1) is 14.5. The molecular weight excluding hydrogens is 386 g/mol. The largest absolute Gasteiger partial charge is 0.494 e. The molecule has 0 aliphatic carbocycles. The maximum atomic E-state index is 11.7. The van der Waals surface area contributed by atoms with Gasteiger partial charge in [0.25, 0.3) is 5.69 Å². The van der Waals surface area contributed by atoms with Crippen LogP contribution in [-0.2, 0) is 0 Å². The molecule has 2 aromatic carbocycles. The molecule has 0 spiro atoms. The van der Waals surface area contributed by atoms with Gasteiger partial charge >= 0.3 is 0 Å². The number of aromatic nitrogens is 2. The Kier molecular flexibility index (Phi) is 4.82. The number of ether oxygens (including phenoxy) is 2. The fraction of sp³-hybridized carbons (Fsp3) is 0.143. The average Bonchev–Trinajstić information content (AvgIpc) is 3.16. The van der Waals surface area contributed by atoms with E-state index >= 15 is 0 Å². The smallest absolute Gasteiger partial charge is 0.273 e. The first-order valence-electron chi connectivity index (χ1n) is 9.17. The Bertz CT molecular complexity index is 1190. The highest BCUT2D eigenvalue weighted by molar-refractivity contribution is 5.72. The summed E-state index contributed by atoms with van der Waals surface area (Å²) < 4.78 is 11.0. The second-order valence-electron chi connectivity index (χ2n) is 6.52. The second-order valence-corrected chi connectivity index (χ2v) is 6.52. The molecule has 0 fully saturated rings. The molecule has 150 valence electrons. The standard InChI is InChI=1S/C21H17N5O4/c1-2-29-13-9-7-12(8-10-13)19-18-17(14-5-3-4-6-16(14)26(27)28)15(11-22)20(23)30-21(18)25-24-19/h3-10,17H,2,23H2,1H3,(H,24,25)/t17-/m0/s1. The van der Waals surface area contributed by atoms with E-state index in [1.165, 1.54) is 6.07 Å². The van der Waals surface area contributed by atoms with E-state index in [1.807, 2.05) is 37.3 Å². The third kappa shape index (κ3) is 3.10. The van der Waals surface area contributed by atoms with Gasteiger partial charge < -0.3 is 15.2 Å². The van der Waals surface area contributed by atoms with Crippen molar-refractivity contribution in [1.29, 1.82) is 5.26 Å². The summed E-state index contributed by atoms with van der Waals surface area (Å²) in [4.78, 5) is 11.2. The van der Waals surface area contributed by atoms with Gasteiger partial charge in [0.2, 0.25) is 11.8 Å². The van der Waals surface area contributed by atoms with Crippen molar-refractivity contribution in [3.8, 4) is 29.0 Å². The van der Waals surface area contributed by atoms with Crippen LogP contribution in [0.1, 0.15) is 24.0 Å². The fourth-order valence-corrected chi connectivity index (χ4v) is 3.56. The van der Waals surface area contributed by atoms with E-state index in [2.05, 4.69) is 10.2 Å². The van der Waals surface area contributed by atoms with Crippen LogP contribution >= 0.6 is 0 Å². The average molecular weight is 403 g/mol. The molecule has 9 heteroatoms. The van der Waals surface area contributed by atoms with Crippen LogP contribution in [0.2, 0.25) is 0 Å². The summed E-state index contributed by atoms with van der Waals surface area (Å²) in [5.41, 5.74) is 8.11. The Morgan fingerprint density at radius 3 is 2.70 bits per heavy atom. The fourth-order valence-electron chi connectivity index (χ4n) is 3.56. The van der Waals surface area contributed by atoms with Crippen molar-refractivity contribution in [2.45, 2.75) is 12.8 Å². The molecule has 2 heterocycles. The van der Waals surface area contributed by atoms with Crippen LogP contribution < -0.4 is 15.2 Å². The van der Waals surface area contributed by atoms with Crippen molar-refractivity contribution in [3.05, 3.63) is 81.2 Å². The number of nitrogens with zero attached hydrogens (tertiary/aromatic N) is 3. The Morgan fingerprint density at radius 1 is 1.30 bits per heavy atom. The van der Waals surface area contributed by atoms with Crippen LogP contribution in [0.15, 0.2) is 60.0 Å². The molecule has 1 aliphatic heterocycles. The highest BCUT2D eigenvalue weighted by Crippen LogP contribution is 2.47. The summed E-state index contributed by atoms with van der Waals surface area (Å²) in [6.45, 7) is 2.44. The van der Waals surface area contributed by atoms with Crippen molar-refractivity contribution in [2.75, 3.05) is 6.61 Å². The van der Waals surface area contributed by atoms with Gasteiger partial charge in [-0.05, 0) is 31.2 Å². The van der Waals surface area contributed by atoms with Gasteiger partial charge in [0.05, 0.1) is 28.7 Å².